The van der Waals surface area contributed by atoms with Crippen LogP contribution in [0, 0.1) is 20.8 Å². The van der Waals surface area contributed by atoms with Crippen LogP contribution >= 0.6 is 0 Å². The number of carbonyl (C=O) groups is 1. The van der Waals surface area contributed by atoms with Crippen molar-refractivity contribution >= 4 is 5.91 Å². The highest BCUT2D eigenvalue weighted by molar-refractivity contribution is 5.78. The fraction of sp³-hybridized carbons (Fsp3) is 0.500. The van der Waals surface area contributed by atoms with Gasteiger partial charge in [-0.2, -0.15) is 0 Å². The third-order valence-electron chi connectivity index (χ3n) is 3.36. The van der Waals surface area contributed by atoms with Crippen molar-refractivity contribution in [1.82, 2.24) is 4.90 Å². The minimum atomic E-state index is 0.305. The van der Waals surface area contributed by atoms with Crippen molar-refractivity contribution in [2.24, 2.45) is 0 Å². The van der Waals surface area contributed by atoms with Gasteiger partial charge in [0.25, 0.3) is 0 Å². The van der Waals surface area contributed by atoms with Crippen molar-refractivity contribution in [3.8, 4) is 0 Å². The quantitative estimate of drug-likeness (QED) is 0.746. The lowest BCUT2D eigenvalue weighted by atomic mass is 9.99. The molecule has 2 nitrogen and oxygen atoms in total. The Balaban J connectivity index is 2.24. The summed E-state index contributed by atoms with van der Waals surface area (Å²) in [7, 11) is 0. The number of rotatable bonds is 2. The van der Waals surface area contributed by atoms with Gasteiger partial charge < -0.3 is 4.90 Å². The van der Waals surface area contributed by atoms with Crippen molar-refractivity contribution in [3.63, 3.8) is 0 Å². The molecule has 1 fully saturated rings. The molecule has 1 aromatic carbocycles. The molecule has 2 heteroatoms. The number of amides is 1. The molecule has 1 aliphatic rings. The fourth-order valence-corrected chi connectivity index (χ4v) is 2.52. The SMILES string of the molecule is Cc1cc(C)c(CN2CCCC2=O)c(C)c1. The number of benzene rings is 1. The molecule has 0 N–H and O–H groups in total. The summed E-state index contributed by atoms with van der Waals surface area (Å²) in [6.07, 6.45) is 1.74. The summed E-state index contributed by atoms with van der Waals surface area (Å²) < 4.78 is 0. The van der Waals surface area contributed by atoms with E-state index in [9.17, 15) is 4.79 Å². The van der Waals surface area contributed by atoms with Gasteiger partial charge in [0.2, 0.25) is 5.91 Å². The second-order valence-electron chi connectivity index (χ2n) is 4.80. The van der Waals surface area contributed by atoms with E-state index in [0.717, 1.165) is 25.9 Å². The molecule has 0 saturated carbocycles. The van der Waals surface area contributed by atoms with Crippen LogP contribution in [-0.4, -0.2) is 17.4 Å². The van der Waals surface area contributed by atoms with Gasteiger partial charge in [0.05, 0.1) is 0 Å². The zero-order valence-corrected chi connectivity index (χ0v) is 10.3. The van der Waals surface area contributed by atoms with E-state index in [2.05, 4.69) is 32.9 Å². The number of hydrogen-bond acceptors (Lipinski definition) is 1. The first kappa shape index (κ1) is 11.2. The molecule has 1 aliphatic heterocycles. The molecule has 86 valence electrons. The second kappa shape index (κ2) is 4.28. The molecule has 0 unspecified atom stereocenters. The van der Waals surface area contributed by atoms with Crippen LogP contribution in [0.25, 0.3) is 0 Å². The molecular formula is C14H19NO. The molecule has 0 aliphatic carbocycles. The molecule has 0 atom stereocenters. The van der Waals surface area contributed by atoms with Gasteiger partial charge in [0, 0.05) is 19.5 Å². The summed E-state index contributed by atoms with van der Waals surface area (Å²) in [5.41, 5.74) is 5.22. The summed E-state index contributed by atoms with van der Waals surface area (Å²) in [5, 5.41) is 0. The Labute approximate surface area is 97.3 Å². The van der Waals surface area contributed by atoms with Crippen LogP contribution in [0.1, 0.15) is 35.1 Å². The van der Waals surface area contributed by atoms with Crippen LogP contribution in [0.15, 0.2) is 12.1 Å². The molecule has 0 aromatic heterocycles. The highest BCUT2D eigenvalue weighted by atomic mass is 16.2. The van der Waals surface area contributed by atoms with E-state index in [-0.39, 0.29) is 0 Å². The minimum Gasteiger partial charge on any atom is -0.338 e. The summed E-state index contributed by atoms with van der Waals surface area (Å²) in [4.78, 5) is 13.6. The predicted octanol–water partition coefficient (Wildman–Crippen LogP) is 2.73. The highest BCUT2D eigenvalue weighted by Gasteiger charge is 2.21. The summed E-state index contributed by atoms with van der Waals surface area (Å²) in [6, 6.07) is 4.39. The first-order valence-electron chi connectivity index (χ1n) is 5.92. The lowest BCUT2D eigenvalue weighted by Crippen LogP contribution is -2.24. The Bertz CT molecular complexity index is 400. The Morgan fingerprint density at radius 2 is 1.81 bits per heavy atom. The monoisotopic (exact) mass is 217 g/mol. The van der Waals surface area contributed by atoms with Crippen LogP contribution in [0.3, 0.4) is 0 Å². The molecule has 1 amide bonds. The molecule has 0 bridgehead atoms. The molecule has 1 aromatic rings. The van der Waals surface area contributed by atoms with Crippen molar-refractivity contribution in [1.29, 1.82) is 0 Å². The number of aryl methyl sites for hydroxylation is 3. The van der Waals surface area contributed by atoms with Gasteiger partial charge >= 0.3 is 0 Å². The lowest BCUT2D eigenvalue weighted by molar-refractivity contribution is -0.128. The largest absolute Gasteiger partial charge is 0.338 e. The van der Waals surface area contributed by atoms with E-state index in [1.165, 1.54) is 22.3 Å². The average molecular weight is 217 g/mol. The molecule has 16 heavy (non-hydrogen) atoms. The number of likely N-dealkylation sites (tertiary alicyclic amines) is 1. The van der Waals surface area contributed by atoms with Gasteiger partial charge in [-0.05, 0) is 43.9 Å². The van der Waals surface area contributed by atoms with E-state index in [1.54, 1.807) is 0 Å². The van der Waals surface area contributed by atoms with Gasteiger partial charge in [0.1, 0.15) is 0 Å². The maximum atomic E-state index is 11.6. The van der Waals surface area contributed by atoms with Crippen LogP contribution in [0.4, 0.5) is 0 Å². The number of carbonyl (C=O) groups excluding carboxylic acids is 1. The fourth-order valence-electron chi connectivity index (χ4n) is 2.52. The van der Waals surface area contributed by atoms with Crippen molar-refractivity contribution in [3.05, 3.63) is 34.4 Å². The average Bonchev–Trinajstić information content (AvgIpc) is 2.57. The third kappa shape index (κ3) is 2.11. The molecule has 1 heterocycles. The molecule has 0 spiro atoms. The van der Waals surface area contributed by atoms with Crippen molar-refractivity contribution in [2.45, 2.75) is 40.2 Å². The smallest absolute Gasteiger partial charge is 0.222 e. The van der Waals surface area contributed by atoms with Crippen LogP contribution in [-0.2, 0) is 11.3 Å². The molecule has 1 saturated heterocycles. The van der Waals surface area contributed by atoms with Gasteiger partial charge in [-0.15, -0.1) is 0 Å². The number of nitrogens with zero attached hydrogens (tertiary/aromatic N) is 1. The summed E-state index contributed by atoms with van der Waals surface area (Å²) >= 11 is 0. The molecule has 0 radical (unpaired) electrons. The normalized spacial score (nSPS) is 15.9. The highest BCUT2D eigenvalue weighted by Crippen LogP contribution is 2.21. The first-order chi connectivity index (χ1) is 7.58. The maximum absolute atomic E-state index is 11.6. The lowest BCUT2D eigenvalue weighted by Gasteiger charge is -2.19. The predicted molar refractivity (Wildman–Crippen MR) is 65.3 cm³/mol. The van der Waals surface area contributed by atoms with Crippen LogP contribution in [0.5, 0.6) is 0 Å². The second-order valence-corrected chi connectivity index (χ2v) is 4.80. The van der Waals surface area contributed by atoms with Gasteiger partial charge in [-0.3, -0.25) is 4.79 Å². The summed E-state index contributed by atoms with van der Waals surface area (Å²) in [5.74, 6) is 0.305. The Kier molecular flexibility index (Phi) is 2.99. The minimum absolute atomic E-state index is 0.305. The zero-order valence-electron chi connectivity index (χ0n) is 10.3. The summed E-state index contributed by atoms with van der Waals surface area (Å²) in [6.45, 7) is 8.10. The first-order valence-corrected chi connectivity index (χ1v) is 5.92. The zero-order chi connectivity index (χ0) is 11.7. The number of hydrogen-bond donors (Lipinski definition) is 0. The molecule has 2 rings (SSSR count). The van der Waals surface area contributed by atoms with E-state index in [0.29, 0.717) is 5.91 Å². The van der Waals surface area contributed by atoms with Crippen molar-refractivity contribution < 1.29 is 4.79 Å². The van der Waals surface area contributed by atoms with E-state index in [1.807, 2.05) is 4.90 Å². The topological polar surface area (TPSA) is 20.3 Å². The van der Waals surface area contributed by atoms with Crippen molar-refractivity contribution in [2.75, 3.05) is 6.54 Å². The Morgan fingerprint density at radius 3 is 2.31 bits per heavy atom. The van der Waals surface area contributed by atoms with Gasteiger partial charge in [-0.1, -0.05) is 17.7 Å². The van der Waals surface area contributed by atoms with Gasteiger partial charge in [0.15, 0.2) is 0 Å². The van der Waals surface area contributed by atoms with E-state index in [4.69, 9.17) is 0 Å². The Hall–Kier alpha value is -1.31. The van der Waals surface area contributed by atoms with E-state index < -0.39 is 0 Å². The Morgan fingerprint density at radius 1 is 1.19 bits per heavy atom. The standard InChI is InChI=1S/C14H19NO/c1-10-7-11(2)13(12(3)8-10)9-15-6-4-5-14(15)16/h7-8H,4-6,9H2,1-3H3. The van der Waals surface area contributed by atoms with Crippen LogP contribution in [0.2, 0.25) is 0 Å². The third-order valence-corrected chi connectivity index (χ3v) is 3.36. The maximum Gasteiger partial charge on any atom is 0.222 e. The molecular weight excluding hydrogens is 198 g/mol. The van der Waals surface area contributed by atoms with Crippen LogP contribution < -0.4 is 0 Å². The van der Waals surface area contributed by atoms with Gasteiger partial charge in [-0.25, -0.2) is 0 Å². The van der Waals surface area contributed by atoms with E-state index >= 15 is 0 Å².